The molecule has 46 heavy (non-hydrogen) atoms. The van der Waals surface area contributed by atoms with Crippen LogP contribution in [0.4, 0.5) is 17.6 Å². The molecule has 3 aromatic heterocycles. The third-order valence-electron chi connectivity index (χ3n) is 7.08. The lowest BCUT2D eigenvalue weighted by atomic mass is 9.84. The fourth-order valence-corrected chi connectivity index (χ4v) is 4.64. The zero-order valence-electron chi connectivity index (χ0n) is 23.8. The molecule has 0 saturated heterocycles. The summed E-state index contributed by atoms with van der Waals surface area (Å²) in [5, 5.41) is 25.7. The van der Waals surface area contributed by atoms with E-state index in [1.54, 1.807) is 23.0 Å². The molecule has 1 N–H and O–H groups in total. The van der Waals surface area contributed by atoms with Crippen molar-refractivity contribution >= 4 is 0 Å². The van der Waals surface area contributed by atoms with E-state index in [1.807, 2.05) is 48.7 Å². The first-order chi connectivity index (χ1) is 22.2. The van der Waals surface area contributed by atoms with E-state index in [2.05, 4.69) is 37.4 Å². The predicted molar refractivity (Wildman–Crippen MR) is 157 cm³/mol. The number of pyridine rings is 1. The molecule has 0 amide bonds. The van der Waals surface area contributed by atoms with Crippen molar-refractivity contribution in [3.05, 3.63) is 149 Å². The molecular formula is C33H23F4N7O2. The van der Waals surface area contributed by atoms with Gasteiger partial charge in [0.2, 0.25) is 0 Å². The van der Waals surface area contributed by atoms with E-state index >= 15 is 8.78 Å². The van der Waals surface area contributed by atoms with Crippen molar-refractivity contribution < 1.29 is 27.4 Å². The van der Waals surface area contributed by atoms with Crippen molar-refractivity contribution in [2.75, 3.05) is 0 Å². The molecule has 0 fully saturated rings. The van der Waals surface area contributed by atoms with Gasteiger partial charge in [0.05, 0.1) is 12.2 Å². The van der Waals surface area contributed by atoms with E-state index in [-0.39, 0.29) is 0 Å². The number of aromatic nitrogens is 7. The van der Waals surface area contributed by atoms with E-state index in [0.717, 1.165) is 46.7 Å². The normalized spacial score (nSPS) is 12.6. The third-order valence-corrected chi connectivity index (χ3v) is 7.08. The van der Waals surface area contributed by atoms with Crippen LogP contribution in [0.25, 0.3) is 5.69 Å². The van der Waals surface area contributed by atoms with Crippen LogP contribution in [0.2, 0.25) is 0 Å². The molecule has 0 aliphatic heterocycles. The molecule has 3 aromatic carbocycles. The molecule has 6 aromatic rings. The molecule has 6 rings (SSSR count). The second-order valence-corrected chi connectivity index (χ2v) is 10.2. The molecule has 9 nitrogen and oxygen atoms in total. The Morgan fingerprint density at radius 1 is 0.891 bits per heavy atom. The summed E-state index contributed by atoms with van der Waals surface area (Å²) in [5.74, 6) is 0.000571. The van der Waals surface area contributed by atoms with Crippen molar-refractivity contribution in [2.24, 2.45) is 0 Å². The van der Waals surface area contributed by atoms with Crippen LogP contribution in [-0.2, 0) is 24.7 Å². The van der Waals surface area contributed by atoms with Gasteiger partial charge in [0.15, 0.2) is 5.60 Å². The van der Waals surface area contributed by atoms with Gasteiger partial charge in [0.1, 0.15) is 36.0 Å². The minimum Gasteiger partial charge on any atom is -0.489 e. The Balaban J connectivity index is 1.14. The minimum atomic E-state index is -4.16. The summed E-state index contributed by atoms with van der Waals surface area (Å²) in [5.41, 5.74) is -2.11. The molecule has 230 valence electrons. The summed E-state index contributed by atoms with van der Waals surface area (Å²) < 4.78 is 68.5. The van der Waals surface area contributed by atoms with Crippen molar-refractivity contribution in [1.29, 1.82) is 0 Å². The summed E-state index contributed by atoms with van der Waals surface area (Å²) >= 11 is 0. The van der Waals surface area contributed by atoms with Crippen LogP contribution in [0.5, 0.6) is 5.75 Å². The monoisotopic (exact) mass is 625 g/mol. The quantitative estimate of drug-likeness (QED) is 0.174. The van der Waals surface area contributed by atoms with E-state index in [0.29, 0.717) is 29.5 Å². The number of rotatable bonds is 9. The lowest BCUT2D eigenvalue weighted by Gasteiger charge is -2.35. The maximum atomic E-state index is 15.9. The molecule has 0 bridgehead atoms. The van der Waals surface area contributed by atoms with Gasteiger partial charge in [0, 0.05) is 41.3 Å². The molecule has 3 heterocycles. The van der Waals surface area contributed by atoms with Crippen LogP contribution in [0.3, 0.4) is 0 Å². The Labute approximate surface area is 259 Å². The van der Waals surface area contributed by atoms with Crippen LogP contribution in [0.15, 0.2) is 110 Å². The van der Waals surface area contributed by atoms with E-state index in [4.69, 9.17) is 4.74 Å². The minimum absolute atomic E-state index is 0.322. The SMILES string of the molecule is OC(Cn1cnnn1)(c1ccc(F)cc1F)C(F)(F)c1ccc(C#Cc2ccc(COc3ccc(-n4cccn4)cc3)cc2)cn1. The van der Waals surface area contributed by atoms with Crippen LogP contribution in [0.1, 0.15) is 27.9 Å². The van der Waals surface area contributed by atoms with Crippen LogP contribution < -0.4 is 4.74 Å². The topological polar surface area (TPSA) is 104 Å². The molecular weight excluding hydrogens is 602 g/mol. The third kappa shape index (κ3) is 6.33. The maximum Gasteiger partial charge on any atom is 0.323 e. The number of tetrazole rings is 1. The number of nitrogens with zero attached hydrogens (tertiary/aromatic N) is 7. The van der Waals surface area contributed by atoms with Gasteiger partial charge in [-0.3, -0.25) is 4.98 Å². The number of hydrogen-bond donors (Lipinski definition) is 1. The number of benzene rings is 3. The summed E-state index contributed by atoms with van der Waals surface area (Å²) in [7, 11) is 0. The lowest BCUT2D eigenvalue weighted by Crippen LogP contribution is -2.48. The van der Waals surface area contributed by atoms with Gasteiger partial charge >= 0.3 is 5.92 Å². The Morgan fingerprint density at radius 3 is 2.30 bits per heavy atom. The van der Waals surface area contributed by atoms with Crippen molar-refractivity contribution in [1.82, 2.24) is 35.0 Å². The van der Waals surface area contributed by atoms with Crippen molar-refractivity contribution in [3.8, 4) is 23.3 Å². The Kier molecular flexibility index (Phi) is 8.28. The van der Waals surface area contributed by atoms with Crippen LogP contribution in [0, 0.1) is 23.5 Å². The molecule has 0 radical (unpaired) electrons. The average molecular weight is 626 g/mol. The molecule has 1 atom stereocenters. The standard InChI is InChI=1S/C33H23F4N7O2/c34-26-9-14-29(30(35)18-26)32(45,21-43-22-39-41-42-43)33(36,37)31-15-8-24(19-38-31)5-2-23-3-6-25(7-4-23)20-46-28-12-10-27(11-13-28)44-17-1-16-40-44/h1,3-4,6-19,22,45H,20-21H2. The zero-order valence-corrected chi connectivity index (χ0v) is 23.8. The Morgan fingerprint density at radius 2 is 1.65 bits per heavy atom. The van der Waals surface area contributed by atoms with Gasteiger partial charge in [0.25, 0.3) is 0 Å². The Hall–Kier alpha value is -5.87. The Bertz CT molecular complexity index is 1970. The van der Waals surface area contributed by atoms with E-state index in [1.165, 1.54) is 6.07 Å². The highest BCUT2D eigenvalue weighted by Gasteiger charge is 2.58. The number of hydrogen-bond acceptors (Lipinski definition) is 7. The highest BCUT2D eigenvalue weighted by atomic mass is 19.3. The fourth-order valence-electron chi connectivity index (χ4n) is 4.64. The van der Waals surface area contributed by atoms with E-state index in [9.17, 15) is 13.9 Å². The number of alkyl halides is 2. The lowest BCUT2D eigenvalue weighted by molar-refractivity contribution is -0.207. The zero-order chi connectivity index (χ0) is 32.1. The first kappa shape index (κ1) is 30.2. The number of aliphatic hydroxyl groups is 1. The fraction of sp³-hybridized carbons (Fsp3) is 0.121. The first-order valence-electron chi connectivity index (χ1n) is 13.8. The smallest absolute Gasteiger partial charge is 0.323 e. The van der Waals surface area contributed by atoms with Crippen LogP contribution in [-0.4, -0.2) is 40.1 Å². The largest absolute Gasteiger partial charge is 0.489 e. The molecule has 1 unspecified atom stereocenters. The van der Waals surface area contributed by atoms with E-state index < -0.39 is 41.0 Å². The van der Waals surface area contributed by atoms with Gasteiger partial charge in [-0.15, -0.1) is 5.10 Å². The molecule has 0 aliphatic rings. The predicted octanol–water partition coefficient (Wildman–Crippen LogP) is 5.19. The summed E-state index contributed by atoms with van der Waals surface area (Å²) in [6.45, 7) is -0.603. The number of ether oxygens (including phenoxy) is 1. The molecule has 0 spiro atoms. The summed E-state index contributed by atoms with van der Waals surface area (Å²) in [4.78, 5) is 3.83. The molecule has 13 heteroatoms. The van der Waals surface area contributed by atoms with Gasteiger partial charge in [-0.25, -0.2) is 18.1 Å². The van der Waals surface area contributed by atoms with Gasteiger partial charge in [-0.1, -0.05) is 24.0 Å². The maximum absolute atomic E-state index is 15.9. The first-order valence-corrected chi connectivity index (χ1v) is 13.8. The van der Waals surface area contributed by atoms with Crippen molar-refractivity contribution in [2.45, 2.75) is 24.7 Å². The van der Waals surface area contributed by atoms with Crippen LogP contribution >= 0.6 is 0 Å². The highest BCUT2D eigenvalue weighted by Crippen LogP contribution is 2.46. The highest BCUT2D eigenvalue weighted by molar-refractivity contribution is 5.43. The second-order valence-electron chi connectivity index (χ2n) is 10.2. The molecule has 0 saturated carbocycles. The second kappa shape index (κ2) is 12.6. The van der Waals surface area contributed by atoms with Crippen molar-refractivity contribution in [3.63, 3.8) is 0 Å². The van der Waals surface area contributed by atoms with Gasteiger partial charge < -0.3 is 9.84 Å². The summed E-state index contributed by atoms with van der Waals surface area (Å²) in [6, 6.07) is 20.9. The van der Waals surface area contributed by atoms with Gasteiger partial charge in [-0.05, 0) is 82.7 Å². The van der Waals surface area contributed by atoms with Gasteiger partial charge in [-0.2, -0.15) is 13.9 Å². The number of halogens is 4. The molecule has 0 aliphatic carbocycles. The average Bonchev–Trinajstić information content (AvgIpc) is 3.79. The summed E-state index contributed by atoms with van der Waals surface area (Å²) in [6.07, 6.45) is 5.66.